The molecule has 0 atom stereocenters. The lowest BCUT2D eigenvalue weighted by Crippen LogP contribution is -1.96. The maximum atomic E-state index is 2.18. The van der Waals surface area contributed by atoms with E-state index < -0.39 is 0 Å². The van der Waals surface area contributed by atoms with E-state index in [1.807, 2.05) is 6.07 Å². The van der Waals surface area contributed by atoms with Crippen LogP contribution in [0, 0.1) is 12.8 Å². The molecular formula is C15H15. The Balaban J connectivity index is 2.29. The van der Waals surface area contributed by atoms with Gasteiger partial charge in [0.15, 0.2) is 0 Å². The van der Waals surface area contributed by atoms with E-state index in [1.165, 1.54) is 22.6 Å². The van der Waals surface area contributed by atoms with Gasteiger partial charge in [-0.3, -0.25) is 0 Å². The van der Waals surface area contributed by atoms with Gasteiger partial charge in [0.05, 0.1) is 0 Å². The second-order valence-corrected chi connectivity index (χ2v) is 3.86. The number of hydrogen-bond donors (Lipinski definition) is 0. The molecule has 0 unspecified atom stereocenters. The van der Waals surface area contributed by atoms with Gasteiger partial charge >= 0.3 is 0 Å². The third-order valence-electron chi connectivity index (χ3n) is 2.69. The van der Waals surface area contributed by atoms with Crippen molar-refractivity contribution >= 4 is 0 Å². The Kier molecular flexibility index (Phi) is 2.86. The summed E-state index contributed by atoms with van der Waals surface area (Å²) in [7, 11) is 0. The molecule has 15 heavy (non-hydrogen) atoms. The van der Waals surface area contributed by atoms with Gasteiger partial charge in [0, 0.05) is 5.92 Å². The third kappa shape index (κ3) is 2.27. The van der Waals surface area contributed by atoms with Crippen molar-refractivity contribution in [2.24, 2.45) is 0 Å². The topological polar surface area (TPSA) is 0 Å². The van der Waals surface area contributed by atoms with Crippen LogP contribution in [0.25, 0.3) is 0 Å². The van der Waals surface area contributed by atoms with Crippen LogP contribution in [-0.4, -0.2) is 0 Å². The molecule has 0 heteroatoms. The molecule has 0 saturated carbocycles. The van der Waals surface area contributed by atoms with Crippen LogP contribution in [0.2, 0.25) is 0 Å². The zero-order valence-corrected chi connectivity index (χ0v) is 9.20. The minimum absolute atomic E-state index is 1.29. The average molecular weight is 195 g/mol. The van der Waals surface area contributed by atoms with E-state index in [9.17, 15) is 0 Å². The Labute approximate surface area is 91.6 Å². The molecule has 0 nitrogen and oxygen atoms in total. The van der Waals surface area contributed by atoms with Crippen molar-refractivity contribution < 1.29 is 0 Å². The lowest BCUT2D eigenvalue weighted by Gasteiger charge is -2.11. The molecule has 0 aliphatic rings. The number of aryl methyl sites for hydroxylation is 1. The van der Waals surface area contributed by atoms with Crippen LogP contribution < -0.4 is 0 Å². The Hall–Kier alpha value is -1.56. The summed E-state index contributed by atoms with van der Waals surface area (Å²) < 4.78 is 0. The van der Waals surface area contributed by atoms with Crippen LogP contribution in [0.15, 0.2) is 54.6 Å². The summed E-state index contributed by atoms with van der Waals surface area (Å²) in [6, 6.07) is 19.2. The molecule has 0 saturated heterocycles. The van der Waals surface area contributed by atoms with Crippen molar-refractivity contribution in [1.29, 1.82) is 0 Å². The van der Waals surface area contributed by atoms with Crippen LogP contribution in [0.3, 0.4) is 0 Å². The summed E-state index contributed by atoms with van der Waals surface area (Å²) in [6.45, 7) is 4.28. The van der Waals surface area contributed by atoms with E-state index in [0.717, 1.165) is 0 Å². The zero-order chi connectivity index (χ0) is 10.7. The molecule has 0 spiro atoms. The molecule has 0 N–H and O–H groups in total. The number of hydrogen-bond acceptors (Lipinski definition) is 0. The fourth-order valence-corrected chi connectivity index (χ4v) is 1.66. The normalized spacial score (nSPS) is 10.6. The van der Waals surface area contributed by atoms with Gasteiger partial charge in [-0.05, 0) is 18.1 Å². The quantitative estimate of drug-likeness (QED) is 0.679. The van der Waals surface area contributed by atoms with Gasteiger partial charge in [0.1, 0.15) is 0 Å². The Morgan fingerprint density at radius 2 is 1.27 bits per heavy atom. The van der Waals surface area contributed by atoms with Crippen LogP contribution in [-0.2, 0) is 0 Å². The molecule has 0 heterocycles. The van der Waals surface area contributed by atoms with Gasteiger partial charge in [0.25, 0.3) is 0 Å². The maximum Gasteiger partial charge on any atom is 0.0309 e. The zero-order valence-electron chi connectivity index (χ0n) is 9.20. The minimum atomic E-state index is 1.29. The van der Waals surface area contributed by atoms with Gasteiger partial charge < -0.3 is 0 Å². The molecule has 0 fully saturated rings. The second kappa shape index (κ2) is 4.31. The molecule has 0 aromatic heterocycles. The first-order valence-corrected chi connectivity index (χ1v) is 5.23. The number of rotatable bonds is 2. The highest BCUT2D eigenvalue weighted by molar-refractivity contribution is 5.44. The van der Waals surface area contributed by atoms with Gasteiger partial charge in [-0.2, -0.15) is 0 Å². The monoisotopic (exact) mass is 195 g/mol. The summed E-state index contributed by atoms with van der Waals surface area (Å²) in [6.07, 6.45) is 0. The molecule has 0 amide bonds. The van der Waals surface area contributed by atoms with Crippen molar-refractivity contribution in [2.75, 3.05) is 0 Å². The minimum Gasteiger partial charge on any atom is -0.0622 e. The van der Waals surface area contributed by atoms with E-state index in [2.05, 4.69) is 62.4 Å². The lowest BCUT2D eigenvalue weighted by atomic mass is 9.93. The van der Waals surface area contributed by atoms with Crippen LogP contribution >= 0.6 is 0 Å². The summed E-state index contributed by atoms with van der Waals surface area (Å²) in [5.41, 5.74) is 3.90. The average Bonchev–Trinajstić information content (AvgIpc) is 2.30. The first-order chi connectivity index (χ1) is 7.27. The van der Waals surface area contributed by atoms with Crippen molar-refractivity contribution in [3.63, 3.8) is 0 Å². The molecule has 2 rings (SSSR count). The largest absolute Gasteiger partial charge is 0.0622 e. The van der Waals surface area contributed by atoms with Crippen molar-refractivity contribution in [3.8, 4) is 0 Å². The van der Waals surface area contributed by atoms with Gasteiger partial charge in [-0.15, -0.1) is 0 Å². The summed E-state index contributed by atoms with van der Waals surface area (Å²) in [5, 5.41) is 0. The molecular weight excluding hydrogens is 180 g/mol. The van der Waals surface area contributed by atoms with E-state index in [-0.39, 0.29) is 0 Å². The fourth-order valence-electron chi connectivity index (χ4n) is 1.66. The molecule has 0 aliphatic heterocycles. The van der Waals surface area contributed by atoms with Crippen molar-refractivity contribution in [1.82, 2.24) is 0 Å². The summed E-state index contributed by atoms with van der Waals surface area (Å²) in [4.78, 5) is 0. The van der Waals surface area contributed by atoms with E-state index >= 15 is 0 Å². The third-order valence-corrected chi connectivity index (χ3v) is 2.69. The van der Waals surface area contributed by atoms with Crippen molar-refractivity contribution in [2.45, 2.75) is 13.8 Å². The molecule has 0 aliphatic carbocycles. The van der Waals surface area contributed by atoms with E-state index in [0.29, 0.717) is 0 Å². The summed E-state index contributed by atoms with van der Waals surface area (Å²) >= 11 is 0. The number of benzene rings is 2. The van der Waals surface area contributed by atoms with Crippen molar-refractivity contribution in [3.05, 3.63) is 77.2 Å². The molecule has 2 aromatic carbocycles. The molecule has 75 valence electrons. The van der Waals surface area contributed by atoms with Crippen LogP contribution in [0.4, 0.5) is 0 Å². The van der Waals surface area contributed by atoms with Gasteiger partial charge in [-0.1, -0.05) is 67.1 Å². The first-order valence-electron chi connectivity index (χ1n) is 5.23. The maximum absolute atomic E-state index is 2.18. The standard InChI is InChI=1S/C15H15/c1-12-8-10-15(11-9-12)13(2)14-6-4-3-5-7-14/h3-11H,1-2H3. The molecule has 2 aromatic rings. The first kappa shape index (κ1) is 9.97. The fraction of sp³-hybridized carbons (Fsp3) is 0.133. The predicted octanol–water partition coefficient (Wildman–Crippen LogP) is 3.99. The second-order valence-electron chi connectivity index (χ2n) is 3.86. The Bertz CT molecular complexity index is 412. The molecule has 0 bridgehead atoms. The molecule has 1 radical (unpaired) electrons. The van der Waals surface area contributed by atoms with E-state index in [1.54, 1.807) is 0 Å². The van der Waals surface area contributed by atoms with Gasteiger partial charge in [0.2, 0.25) is 0 Å². The van der Waals surface area contributed by atoms with E-state index in [4.69, 9.17) is 0 Å². The van der Waals surface area contributed by atoms with Crippen LogP contribution in [0.5, 0.6) is 0 Å². The van der Waals surface area contributed by atoms with Gasteiger partial charge in [-0.25, -0.2) is 0 Å². The predicted molar refractivity (Wildman–Crippen MR) is 64.7 cm³/mol. The SMILES string of the molecule is C[C](c1ccccc1)c1ccc(C)cc1. The lowest BCUT2D eigenvalue weighted by molar-refractivity contribution is 1.19. The highest BCUT2D eigenvalue weighted by Gasteiger charge is 2.07. The summed E-state index contributed by atoms with van der Waals surface area (Å²) in [5.74, 6) is 1.33. The smallest absolute Gasteiger partial charge is 0.0309 e. The Morgan fingerprint density at radius 1 is 0.733 bits per heavy atom. The Morgan fingerprint density at radius 3 is 1.87 bits per heavy atom. The highest BCUT2D eigenvalue weighted by atomic mass is 14.1. The highest BCUT2D eigenvalue weighted by Crippen LogP contribution is 2.22. The van der Waals surface area contributed by atoms with Crippen LogP contribution in [0.1, 0.15) is 23.6 Å².